The molecule has 0 spiro atoms. The van der Waals surface area contributed by atoms with Gasteiger partial charge in [0, 0.05) is 23.1 Å². The quantitative estimate of drug-likeness (QED) is 0.181. The SMILES string of the molecule is CC1(C)CCC(C)(C)c2c1c[c-]c1c2C(C)(C)c2cccc3c2N1[CH-]N3C(C)(C)C.[Ir+3].[c-]1ccccc1-c1ccccn1. The van der Waals surface area contributed by atoms with Crippen LogP contribution in [0.4, 0.5) is 17.1 Å². The summed E-state index contributed by atoms with van der Waals surface area (Å²) in [5.41, 5.74) is 12.2. The Morgan fingerprint density at radius 2 is 1.51 bits per heavy atom. The van der Waals surface area contributed by atoms with E-state index < -0.39 is 0 Å². The van der Waals surface area contributed by atoms with Crippen molar-refractivity contribution < 1.29 is 20.1 Å². The van der Waals surface area contributed by atoms with Gasteiger partial charge >= 0.3 is 20.1 Å². The molecule has 4 aromatic rings. The van der Waals surface area contributed by atoms with Crippen LogP contribution in [0, 0.1) is 18.8 Å². The molecule has 3 aromatic carbocycles. The summed E-state index contributed by atoms with van der Waals surface area (Å²) in [7, 11) is 0. The Bertz CT molecular complexity index is 1580. The summed E-state index contributed by atoms with van der Waals surface area (Å²) >= 11 is 0. The van der Waals surface area contributed by atoms with E-state index in [1.807, 2.05) is 42.5 Å². The minimum absolute atomic E-state index is 0. The van der Waals surface area contributed by atoms with Crippen LogP contribution in [0.5, 0.6) is 0 Å². The van der Waals surface area contributed by atoms with Crippen LogP contribution < -0.4 is 9.80 Å². The van der Waals surface area contributed by atoms with Crippen LogP contribution in [0.3, 0.4) is 0 Å². The summed E-state index contributed by atoms with van der Waals surface area (Å²) in [6.45, 7) is 23.7. The molecule has 0 atom stereocenters. The normalized spacial score (nSPS) is 18.3. The molecule has 0 saturated heterocycles. The number of para-hydroxylation sites is 1. The molecule has 1 aromatic heterocycles. The van der Waals surface area contributed by atoms with E-state index in [0.29, 0.717) is 0 Å². The Kier molecular flexibility index (Phi) is 7.98. The van der Waals surface area contributed by atoms with Crippen molar-refractivity contribution in [1.29, 1.82) is 0 Å². The molecular weight excluding hydrogens is 703 g/mol. The van der Waals surface area contributed by atoms with E-state index in [1.165, 1.54) is 46.6 Å². The first kappa shape index (κ1) is 31.5. The summed E-state index contributed by atoms with van der Waals surface area (Å²) < 4.78 is 0. The number of pyridine rings is 1. The smallest absolute Gasteiger partial charge is 0.497 e. The maximum Gasteiger partial charge on any atom is 3.00 e. The second kappa shape index (κ2) is 10.9. The number of benzene rings is 3. The van der Waals surface area contributed by atoms with E-state index in [0.717, 1.165) is 11.3 Å². The minimum Gasteiger partial charge on any atom is -0.497 e. The van der Waals surface area contributed by atoms with Crippen LogP contribution in [-0.4, -0.2) is 10.5 Å². The Morgan fingerprint density at radius 3 is 2.16 bits per heavy atom. The molecule has 224 valence electrons. The predicted octanol–water partition coefficient (Wildman–Crippen LogP) is 9.90. The first-order chi connectivity index (χ1) is 19.7. The van der Waals surface area contributed by atoms with Gasteiger partial charge in [-0.25, -0.2) is 0 Å². The van der Waals surface area contributed by atoms with Crippen molar-refractivity contribution in [2.45, 2.75) is 96.9 Å². The largest absolute Gasteiger partial charge is 3.00 e. The van der Waals surface area contributed by atoms with Crippen LogP contribution >= 0.6 is 0 Å². The fourth-order valence-electron chi connectivity index (χ4n) is 7.09. The van der Waals surface area contributed by atoms with Crippen LogP contribution in [0.2, 0.25) is 0 Å². The standard InChI is InChI=1S/C28H36N2.C11H8N.Ir/c1-25(2,3)30-17-29-20-14-13-18-22(27(6,7)16-15-26(18,4)5)23(20)28(8,9)19-11-10-12-21(30)24(19)29;1-2-6-10(7-3-1)11-8-4-5-9-12-11;/h10-13,17H,15-16H2,1-9H3;1-6,8-9H;/q-2;-1;+3. The van der Waals surface area contributed by atoms with Crippen molar-refractivity contribution in [3.8, 4) is 11.3 Å². The second-order valence-corrected chi connectivity index (χ2v) is 14.9. The van der Waals surface area contributed by atoms with E-state index in [9.17, 15) is 0 Å². The fourth-order valence-corrected chi connectivity index (χ4v) is 7.09. The van der Waals surface area contributed by atoms with E-state index >= 15 is 0 Å². The molecule has 4 heteroatoms. The Balaban J connectivity index is 0.000000238. The third kappa shape index (κ3) is 5.25. The molecule has 1 aliphatic carbocycles. The number of anilines is 3. The number of fused-ring (bicyclic) bond motifs is 4. The van der Waals surface area contributed by atoms with E-state index in [2.05, 4.69) is 120 Å². The monoisotopic (exact) mass is 747 g/mol. The Hall–Kier alpha value is -2.94. The van der Waals surface area contributed by atoms with E-state index in [1.54, 1.807) is 11.8 Å². The van der Waals surface area contributed by atoms with Crippen molar-refractivity contribution in [2.75, 3.05) is 9.80 Å². The number of hydrogen-bond acceptors (Lipinski definition) is 3. The van der Waals surface area contributed by atoms with Crippen molar-refractivity contribution in [3.05, 3.63) is 114 Å². The maximum atomic E-state index is 4.22. The topological polar surface area (TPSA) is 19.4 Å². The first-order valence-electron chi connectivity index (χ1n) is 15.3. The molecular formula is C39H44IrN3. The van der Waals surface area contributed by atoms with Crippen molar-refractivity contribution in [2.24, 2.45) is 0 Å². The summed E-state index contributed by atoms with van der Waals surface area (Å²) in [5.74, 6) is 0. The molecule has 3 nitrogen and oxygen atoms in total. The molecule has 0 fully saturated rings. The molecule has 0 N–H and O–H groups in total. The second-order valence-electron chi connectivity index (χ2n) is 14.9. The molecule has 2 aliphatic heterocycles. The van der Waals surface area contributed by atoms with Crippen molar-refractivity contribution in [1.82, 2.24) is 4.98 Å². The summed E-state index contributed by atoms with van der Waals surface area (Å²) in [6, 6.07) is 29.8. The zero-order valence-electron chi connectivity index (χ0n) is 27.1. The van der Waals surface area contributed by atoms with Crippen LogP contribution in [0.15, 0.2) is 72.9 Å². The molecule has 7 rings (SSSR count). The van der Waals surface area contributed by atoms with Gasteiger partial charge in [0.1, 0.15) is 0 Å². The average molecular weight is 747 g/mol. The Morgan fingerprint density at radius 1 is 0.791 bits per heavy atom. The first-order valence-corrected chi connectivity index (χ1v) is 15.3. The molecule has 0 amide bonds. The van der Waals surface area contributed by atoms with E-state index in [4.69, 9.17) is 0 Å². The number of nitrogens with zero attached hydrogens (tertiary/aromatic N) is 3. The molecule has 43 heavy (non-hydrogen) atoms. The van der Waals surface area contributed by atoms with Crippen LogP contribution in [0.25, 0.3) is 11.3 Å². The molecule has 3 aliphatic rings. The van der Waals surface area contributed by atoms with Crippen LogP contribution in [-0.2, 0) is 36.4 Å². The van der Waals surface area contributed by atoms with E-state index in [-0.39, 0.29) is 41.9 Å². The van der Waals surface area contributed by atoms with Gasteiger partial charge in [0.2, 0.25) is 0 Å². The van der Waals surface area contributed by atoms with Gasteiger partial charge in [-0.2, -0.15) is 18.8 Å². The van der Waals surface area contributed by atoms with Gasteiger partial charge in [0.05, 0.1) is 0 Å². The van der Waals surface area contributed by atoms with Gasteiger partial charge < -0.3 is 14.8 Å². The van der Waals surface area contributed by atoms with Crippen molar-refractivity contribution >= 4 is 17.1 Å². The third-order valence-electron chi connectivity index (χ3n) is 9.55. The summed E-state index contributed by atoms with van der Waals surface area (Å²) in [6.07, 6.45) is 4.24. The zero-order chi connectivity index (χ0) is 30.1. The predicted molar refractivity (Wildman–Crippen MR) is 176 cm³/mol. The molecule has 3 heterocycles. The minimum atomic E-state index is -0.0640. The number of rotatable bonds is 1. The molecule has 0 saturated carbocycles. The van der Waals surface area contributed by atoms with Crippen LogP contribution in [0.1, 0.15) is 97.4 Å². The molecule has 0 unspecified atom stereocenters. The maximum absolute atomic E-state index is 4.22. The third-order valence-corrected chi connectivity index (χ3v) is 9.55. The number of aromatic nitrogens is 1. The average Bonchev–Trinajstić information content (AvgIpc) is 3.36. The molecule has 0 radical (unpaired) electrons. The van der Waals surface area contributed by atoms with Gasteiger partial charge in [0.15, 0.2) is 0 Å². The zero-order valence-corrected chi connectivity index (χ0v) is 29.5. The Labute approximate surface area is 273 Å². The van der Waals surface area contributed by atoms with Gasteiger partial charge in [-0.05, 0) is 61.4 Å². The van der Waals surface area contributed by atoms with Crippen molar-refractivity contribution in [3.63, 3.8) is 0 Å². The van der Waals surface area contributed by atoms with Gasteiger partial charge in [-0.1, -0.05) is 83.3 Å². The molecule has 0 bridgehead atoms. The fraction of sp³-hybridized carbons (Fsp3) is 0.385. The summed E-state index contributed by atoms with van der Waals surface area (Å²) in [5, 5.41) is 0. The van der Waals surface area contributed by atoms with Gasteiger partial charge in [-0.15, -0.1) is 52.6 Å². The van der Waals surface area contributed by atoms with Gasteiger partial charge in [0.25, 0.3) is 0 Å². The van der Waals surface area contributed by atoms with Gasteiger partial charge in [-0.3, -0.25) is 0 Å². The summed E-state index contributed by atoms with van der Waals surface area (Å²) in [4.78, 5) is 9.07. The number of hydrogen-bond donors (Lipinski definition) is 0.